The molecule has 3 aliphatic heterocycles. The molecular weight excluding hydrogens is 1050 g/mol. The van der Waals surface area contributed by atoms with Gasteiger partial charge in [-0.05, 0) is 77.9 Å². The lowest BCUT2D eigenvalue weighted by molar-refractivity contribution is -0.141. The Kier molecular flexibility index (Phi) is 16.0. The summed E-state index contributed by atoms with van der Waals surface area (Å²) in [4.78, 5) is 60.3. The van der Waals surface area contributed by atoms with Crippen molar-refractivity contribution < 1.29 is 50.3 Å². The molecule has 3 aliphatic rings. The van der Waals surface area contributed by atoms with E-state index < -0.39 is 69.7 Å². The molecule has 0 bridgehead atoms. The summed E-state index contributed by atoms with van der Waals surface area (Å²) in [6.07, 6.45) is 1.56. The number of halogens is 3. The number of aromatic amines is 1. The normalized spacial score (nSPS) is 18.7. The third-order valence-corrected chi connectivity index (χ3v) is 17.1. The number of β-amino-alcohol motifs (C(OH)–C–C–N with tert-alkyl or cyclic N) is 1. The van der Waals surface area contributed by atoms with Crippen LogP contribution < -0.4 is 19.7 Å². The largest absolute Gasteiger partial charge is 0.475 e. The summed E-state index contributed by atoms with van der Waals surface area (Å²) in [5.74, 6) is -4.64. The number of hydrogen-bond donors (Lipinski definition) is 4. The number of benzene rings is 3. The lowest BCUT2D eigenvalue weighted by atomic mass is 9.91. The van der Waals surface area contributed by atoms with Crippen LogP contribution in [0.3, 0.4) is 0 Å². The number of carbonyl (C=O) groups excluding carboxylic acids is 3. The van der Waals surface area contributed by atoms with Crippen LogP contribution in [0.5, 0.6) is 5.88 Å². The smallest absolute Gasteiger partial charge is 0.301 e. The minimum atomic E-state index is -4.37. The zero-order chi connectivity index (χ0) is 54.8. The number of alkyl halides is 1. The van der Waals surface area contributed by atoms with E-state index in [2.05, 4.69) is 35.2 Å². The molecule has 18 nitrogen and oxygen atoms in total. The zero-order valence-electron chi connectivity index (χ0n) is 43.1. The summed E-state index contributed by atoms with van der Waals surface area (Å²) < 4.78 is 84.9. The summed E-state index contributed by atoms with van der Waals surface area (Å²) in [6, 6.07) is 19.9. The quantitative estimate of drug-likeness (QED) is 0.0457. The molecule has 0 spiro atoms. The van der Waals surface area contributed by atoms with E-state index in [-0.39, 0.29) is 61.7 Å². The van der Waals surface area contributed by atoms with Gasteiger partial charge in [-0.3, -0.25) is 24.0 Å². The molecular formula is C55H59F3N10O8S2. The van der Waals surface area contributed by atoms with Gasteiger partial charge in [-0.25, -0.2) is 23.1 Å². The number of rotatable bonds is 19. The van der Waals surface area contributed by atoms with Crippen LogP contribution in [0, 0.1) is 24.5 Å². The molecule has 7 aromatic rings. The highest BCUT2D eigenvalue weighted by atomic mass is 32.2. The van der Waals surface area contributed by atoms with Crippen molar-refractivity contribution >= 4 is 61.6 Å². The summed E-state index contributed by atoms with van der Waals surface area (Å²) in [5, 5.41) is 18.0. The minimum absolute atomic E-state index is 0.00647. The number of amides is 2. The predicted molar refractivity (Wildman–Crippen MR) is 288 cm³/mol. The number of fused-ring (bicyclic) bond motifs is 1. The molecule has 7 heterocycles. The van der Waals surface area contributed by atoms with Gasteiger partial charge in [0.2, 0.25) is 17.6 Å². The monoisotopic (exact) mass is 1110 g/mol. The van der Waals surface area contributed by atoms with Crippen molar-refractivity contribution in [1.29, 1.82) is 0 Å². The number of H-pyrrole nitrogens is 1. The highest BCUT2D eigenvalue weighted by Gasteiger charge is 2.43. The number of pyridine rings is 1. The summed E-state index contributed by atoms with van der Waals surface area (Å²) in [6.45, 7) is 9.90. The van der Waals surface area contributed by atoms with E-state index >= 15 is 8.78 Å². The Morgan fingerprint density at radius 3 is 2.41 bits per heavy atom. The second-order valence-electron chi connectivity index (χ2n) is 20.2. The number of carbonyl (C=O) groups is 3. The van der Waals surface area contributed by atoms with Crippen molar-refractivity contribution in [3.63, 3.8) is 0 Å². The van der Waals surface area contributed by atoms with Gasteiger partial charge >= 0.3 is 10.2 Å². The van der Waals surface area contributed by atoms with Crippen molar-refractivity contribution in [2.24, 2.45) is 5.92 Å². The number of piperazine rings is 1. The van der Waals surface area contributed by atoms with Crippen LogP contribution in [0.25, 0.3) is 32.6 Å². The number of likely N-dealkylation sites (tertiary alicyclic amines) is 1. The summed E-state index contributed by atoms with van der Waals surface area (Å²) in [5.41, 5.74) is 5.84. The van der Waals surface area contributed by atoms with E-state index in [9.17, 15) is 32.3 Å². The molecule has 0 radical (unpaired) electrons. The van der Waals surface area contributed by atoms with Crippen molar-refractivity contribution in [2.45, 2.75) is 70.8 Å². The number of aryl methyl sites for hydroxylation is 1. The summed E-state index contributed by atoms with van der Waals surface area (Å²) in [7, 11) is -4.37. The first-order valence-corrected chi connectivity index (χ1v) is 28.2. The van der Waals surface area contributed by atoms with Gasteiger partial charge < -0.3 is 34.5 Å². The molecule has 4 atom stereocenters. The summed E-state index contributed by atoms with van der Waals surface area (Å²) >= 11 is 1.57. The molecule has 78 heavy (non-hydrogen) atoms. The Morgan fingerprint density at radius 1 is 0.949 bits per heavy atom. The van der Waals surface area contributed by atoms with Crippen LogP contribution in [0.2, 0.25) is 0 Å². The standard InChI is InChI=1S/C55H59F3N10O8S2/c1-32(2)48(55(72)68-30-40(69)24-45(68)54(71)61-26-34-5-7-36(8-6-34)52-33(3)62-31-77-52)46-25-47(63-76-46)75-22-4-16-65-18-20-66(21-19-65)39-11-9-35(10-12-39)37-23-41-42(28-60-53(41)59-27-37)51(70)49-43(57)13-14-44(50(49)58)64-78(73,74)67-17-15-38(56)29-67/h5-14,23,25,27-28,31-32,38,40,45,48,64,69H,4,15-22,24,26,29-30H2,1-3H3,(H,59,60)(H,61,71)/t38-,40-,45+,48+/m1/s1. The molecule has 0 saturated carbocycles. The molecule has 4 N–H and O–H groups in total. The number of nitrogens with one attached hydrogen (secondary N) is 3. The molecule has 10 rings (SSSR count). The van der Waals surface area contributed by atoms with Crippen LogP contribution >= 0.6 is 11.3 Å². The third-order valence-electron chi connectivity index (χ3n) is 14.6. The third kappa shape index (κ3) is 11.7. The topological polar surface area (TPSA) is 219 Å². The fourth-order valence-electron chi connectivity index (χ4n) is 10.4. The van der Waals surface area contributed by atoms with Crippen LogP contribution in [0.1, 0.15) is 72.0 Å². The number of aromatic nitrogens is 4. The van der Waals surface area contributed by atoms with Crippen LogP contribution in [0.15, 0.2) is 95.2 Å². The van der Waals surface area contributed by atoms with Crippen molar-refractivity contribution in [1.82, 2.24) is 39.5 Å². The number of aliphatic hydroxyl groups is 1. The molecule has 3 aromatic carbocycles. The highest BCUT2D eigenvalue weighted by molar-refractivity contribution is 7.90. The minimum Gasteiger partial charge on any atom is -0.475 e. The van der Waals surface area contributed by atoms with Gasteiger partial charge in [0, 0.05) is 106 Å². The molecule has 3 saturated heterocycles. The van der Waals surface area contributed by atoms with E-state index in [0.717, 1.165) is 82.1 Å². The van der Waals surface area contributed by atoms with Gasteiger partial charge in [0.15, 0.2) is 11.6 Å². The average molecular weight is 1110 g/mol. The number of ketones is 1. The molecule has 0 aliphatic carbocycles. The van der Waals surface area contributed by atoms with Gasteiger partial charge in [0.05, 0.1) is 40.0 Å². The van der Waals surface area contributed by atoms with Gasteiger partial charge in [0.25, 0.3) is 5.88 Å². The predicted octanol–water partition coefficient (Wildman–Crippen LogP) is 7.47. The van der Waals surface area contributed by atoms with E-state index in [1.165, 1.54) is 11.1 Å². The Labute approximate surface area is 452 Å². The molecule has 23 heteroatoms. The number of nitrogens with zero attached hydrogens (tertiary/aromatic N) is 7. The molecule has 410 valence electrons. The van der Waals surface area contributed by atoms with Crippen LogP contribution in [-0.4, -0.2) is 143 Å². The second kappa shape index (κ2) is 23.0. The van der Waals surface area contributed by atoms with Crippen LogP contribution in [-0.2, 0) is 26.3 Å². The van der Waals surface area contributed by atoms with Crippen molar-refractivity contribution in [3.8, 4) is 27.4 Å². The first-order chi connectivity index (χ1) is 37.5. The van der Waals surface area contributed by atoms with Gasteiger partial charge in [0.1, 0.15) is 29.6 Å². The number of anilines is 2. The van der Waals surface area contributed by atoms with E-state index in [1.54, 1.807) is 29.7 Å². The zero-order valence-corrected chi connectivity index (χ0v) is 44.8. The van der Waals surface area contributed by atoms with Crippen molar-refractivity contribution in [2.75, 3.05) is 68.6 Å². The number of aliphatic hydroxyl groups excluding tert-OH is 1. The molecule has 3 fully saturated rings. The fourth-order valence-corrected chi connectivity index (χ4v) is 12.4. The van der Waals surface area contributed by atoms with E-state index in [0.29, 0.717) is 35.4 Å². The Hall–Kier alpha value is -7.18. The fraction of sp³-hybridized carbons (Fsp3) is 0.382. The number of thiazole rings is 1. The second-order valence-corrected chi connectivity index (χ2v) is 22.8. The maximum atomic E-state index is 15.8. The Bertz CT molecular complexity index is 3420. The maximum Gasteiger partial charge on any atom is 0.301 e. The van der Waals surface area contributed by atoms with Gasteiger partial charge in [-0.1, -0.05) is 50.2 Å². The SMILES string of the molecule is Cc1ncsc1-c1ccc(CNC(=O)[C@@H]2C[C@@H](O)CN2C(=O)[C@H](c2cc(OCCCN3CCN(c4ccc(-c5cnc6[nH]cc(C(=O)c7c(F)ccc(NS(=O)(=O)N8CC[C@@H](F)C8)c7F)c6c5)cc4)CC3)no2)C(C)C)cc1. The van der Waals surface area contributed by atoms with Crippen LogP contribution in [0.4, 0.5) is 24.5 Å². The van der Waals surface area contributed by atoms with Crippen molar-refractivity contribution in [3.05, 3.63) is 130 Å². The maximum absolute atomic E-state index is 15.8. The Balaban J connectivity index is 0.690. The highest BCUT2D eigenvalue weighted by Crippen LogP contribution is 2.35. The number of ether oxygens (including phenoxy) is 1. The molecule has 2 amide bonds. The van der Waals surface area contributed by atoms with Gasteiger partial charge in [-0.15, -0.1) is 11.3 Å². The lowest BCUT2D eigenvalue weighted by Gasteiger charge is -2.36. The average Bonchev–Trinajstić information content (AvgIpc) is 4.37. The van der Waals surface area contributed by atoms with E-state index in [4.69, 9.17) is 9.26 Å². The molecule has 0 unspecified atom stereocenters. The lowest BCUT2D eigenvalue weighted by Crippen LogP contribution is -2.48. The first-order valence-electron chi connectivity index (χ1n) is 25.9. The van der Waals surface area contributed by atoms with E-state index in [1.807, 2.05) is 79.5 Å². The number of hydrogen-bond acceptors (Lipinski definition) is 14. The van der Waals surface area contributed by atoms with Gasteiger partial charge in [-0.2, -0.15) is 12.7 Å². The Morgan fingerprint density at radius 2 is 1.71 bits per heavy atom. The first kappa shape index (κ1) is 54.2. The molecule has 4 aromatic heterocycles.